The molecule has 18 heavy (non-hydrogen) atoms. The third-order valence-corrected chi connectivity index (χ3v) is 3.82. The number of hydrogen-bond donors (Lipinski definition) is 2. The normalized spacial score (nSPS) is 12.4. The number of anilines is 2. The second kappa shape index (κ2) is 7.62. The van der Waals surface area contributed by atoms with Crippen molar-refractivity contribution in [2.24, 2.45) is 5.92 Å². The Kier molecular flexibility index (Phi) is 6.47. The maximum atomic E-state index is 13.2. The highest BCUT2D eigenvalue weighted by Crippen LogP contribution is 2.27. The fourth-order valence-corrected chi connectivity index (χ4v) is 2.26. The summed E-state index contributed by atoms with van der Waals surface area (Å²) >= 11 is 3.18. The second-order valence-electron chi connectivity index (χ2n) is 4.65. The van der Waals surface area contributed by atoms with Gasteiger partial charge in [-0.25, -0.2) is 4.39 Å². The van der Waals surface area contributed by atoms with E-state index in [0.29, 0.717) is 16.1 Å². The summed E-state index contributed by atoms with van der Waals surface area (Å²) in [6.07, 6.45) is 4.85. The number of nitrogens with one attached hydrogen (secondary N) is 1. The van der Waals surface area contributed by atoms with Crippen molar-refractivity contribution in [1.82, 2.24) is 0 Å². The van der Waals surface area contributed by atoms with Crippen LogP contribution in [-0.4, -0.2) is 6.54 Å². The standard InChI is InChI=1S/C14H22BrFN2/c1-3-5-6-10(4-2)9-18-14-7-11(15)12(16)8-13(14)17/h7-8,10,18H,3-6,9,17H2,1-2H3. The number of hydrogen-bond acceptors (Lipinski definition) is 2. The number of nitrogens with two attached hydrogens (primary N) is 1. The first kappa shape index (κ1) is 15.3. The highest BCUT2D eigenvalue weighted by molar-refractivity contribution is 9.10. The first-order valence-electron chi connectivity index (χ1n) is 6.56. The van der Waals surface area contributed by atoms with Crippen LogP contribution in [0.3, 0.4) is 0 Å². The molecular formula is C14H22BrFN2. The molecule has 0 heterocycles. The van der Waals surface area contributed by atoms with E-state index >= 15 is 0 Å². The molecule has 1 atom stereocenters. The molecule has 3 N–H and O–H groups in total. The molecule has 1 unspecified atom stereocenters. The van der Waals surface area contributed by atoms with Crippen molar-refractivity contribution in [3.63, 3.8) is 0 Å². The van der Waals surface area contributed by atoms with Gasteiger partial charge in [0.05, 0.1) is 15.8 Å². The molecular weight excluding hydrogens is 295 g/mol. The summed E-state index contributed by atoms with van der Waals surface area (Å²) in [5.41, 5.74) is 7.06. The minimum absolute atomic E-state index is 0.323. The van der Waals surface area contributed by atoms with Crippen LogP contribution >= 0.6 is 15.9 Å². The van der Waals surface area contributed by atoms with Gasteiger partial charge in [0.1, 0.15) is 5.82 Å². The van der Waals surface area contributed by atoms with E-state index in [-0.39, 0.29) is 5.82 Å². The van der Waals surface area contributed by atoms with Gasteiger partial charge in [0, 0.05) is 12.6 Å². The monoisotopic (exact) mass is 316 g/mol. The van der Waals surface area contributed by atoms with Crippen LogP contribution in [0.5, 0.6) is 0 Å². The molecule has 1 aromatic carbocycles. The van der Waals surface area contributed by atoms with Gasteiger partial charge in [-0.2, -0.15) is 0 Å². The highest BCUT2D eigenvalue weighted by atomic mass is 79.9. The summed E-state index contributed by atoms with van der Waals surface area (Å²) in [7, 11) is 0. The third-order valence-electron chi connectivity index (χ3n) is 3.22. The molecule has 0 amide bonds. The fraction of sp³-hybridized carbons (Fsp3) is 0.571. The molecule has 0 spiro atoms. The van der Waals surface area contributed by atoms with Crippen molar-refractivity contribution in [2.75, 3.05) is 17.6 Å². The van der Waals surface area contributed by atoms with Crippen LogP contribution in [0.2, 0.25) is 0 Å². The molecule has 0 aliphatic heterocycles. The van der Waals surface area contributed by atoms with E-state index in [9.17, 15) is 4.39 Å². The Bertz CT molecular complexity index is 382. The van der Waals surface area contributed by atoms with Crippen molar-refractivity contribution >= 4 is 27.3 Å². The summed E-state index contributed by atoms with van der Waals surface area (Å²) in [6, 6.07) is 3.05. The fourth-order valence-electron chi connectivity index (χ4n) is 1.91. The Morgan fingerprint density at radius 1 is 1.39 bits per heavy atom. The van der Waals surface area contributed by atoms with Crippen LogP contribution in [0.4, 0.5) is 15.8 Å². The third kappa shape index (κ3) is 4.48. The molecule has 4 heteroatoms. The van der Waals surface area contributed by atoms with E-state index in [1.165, 1.54) is 25.3 Å². The summed E-state index contributed by atoms with van der Waals surface area (Å²) in [5, 5.41) is 3.32. The molecule has 0 aromatic heterocycles. The largest absolute Gasteiger partial charge is 0.397 e. The Balaban J connectivity index is 2.59. The average molecular weight is 317 g/mol. The summed E-state index contributed by atoms with van der Waals surface area (Å²) < 4.78 is 13.7. The minimum atomic E-state index is -0.323. The summed E-state index contributed by atoms with van der Waals surface area (Å²) in [5.74, 6) is 0.323. The van der Waals surface area contributed by atoms with Crippen molar-refractivity contribution in [3.8, 4) is 0 Å². The average Bonchev–Trinajstić information content (AvgIpc) is 2.35. The van der Waals surface area contributed by atoms with Gasteiger partial charge in [0.2, 0.25) is 0 Å². The molecule has 0 fully saturated rings. The zero-order valence-corrected chi connectivity index (χ0v) is 12.7. The van der Waals surface area contributed by atoms with Gasteiger partial charge in [-0.3, -0.25) is 0 Å². The molecule has 0 bridgehead atoms. The van der Waals surface area contributed by atoms with Crippen LogP contribution in [-0.2, 0) is 0 Å². The number of benzene rings is 1. The van der Waals surface area contributed by atoms with E-state index < -0.39 is 0 Å². The topological polar surface area (TPSA) is 38.0 Å². The lowest BCUT2D eigenvalue weighted by Crippen LogP contribution is -2.14. The summed E-state index contributed by atoms with van der Waals surface area (Å²) in [4.78, 5) is 0. The lowest BCUT2D eigenvalue weighted by Gasteiger charge is -2.17. The molecule has 102 valence electrons. The van der Waals surface area contributed by atoms with E-state index in [1.807, 2.05) is 0 Å². The smallest absolute Gasteiger partial charge is 0.139 e. The summed E-state index contributed by atoms with van der Waals surface area (Å²) in [6.45, 7) is 5.29. The Hall–Kier alpha value is -0.770. The van der Waals surface area contributed by atoms with Gasteiger partial charge in [0.25, 0.3) is 0 Å². The van der Waals surface area contributed by atoms with E-state index in [2.05, 4.69) is 35.1 Å². The Morgan fingerprint density at radius 3 is 2.72 bits per heavy atom. The quantitative estimate of drug-likeness (QED) is 0.709. The van der Waals surface area contributed by atoms with Gasteiger partial charge in [-0.05, 0) is 34.3 Å². The van der Waals surface area contributed by atoms with Gasteiger partial charge in [-0.1, -0.05) is 33.1 Å². The Labute approximate surface area is 117 Å². The molecule has 2 nitrogen and oxygen atoms in total. The lowest BCUT2D eigenvalue weighted by atomic mass is 9.99. The van der Waals surface area contributed by atoms with E-state index in [1.54, 1.807) is 6.07 Å². The second-order valence-corrected chi connectivity index (χ2v) is 5.51. The van der Waals surface area contributed by atoms with Gasteiger partial charge < -0.3 is 11.1 Å². The van der Waals surface area contributed by atoms with Crippen LogP contribution in [0.15, 0.2) is 16.6 Å². The van der Waals surface area contributed by atoms with E-state index in [4.69, 9.17) is 5.73 Å². The van der Waals surface area contributed by atoms with Gasteiger partial charge in [0.15, 0.2) is 0 Å². The van der Waals surface area contributed by atoms with Crippen molar-refractivity contribution in [2.45, 2.75) is 39.5 Å². The van der Waals surface area contributed by atoms with Gasteiger partial charge >= 0.3 is 0 Å². The Morgan fingerprint density at radius 2 is 2.11 bits per heavy atom. The maximum absolute atomic E-state index is 13.2. The molecule has 0 saturated carbocycles. The number of halogens is 2. The van der Waals surface area contributed by atoms with Crippen molar-refractivity contribution in [1.29, 1.82) is 0 Å². The first-order valence-corrected chi connectivity index (χ1v) is 7.36. The SMILES string of the molecule is CCCCC(CC)CNc1cc(Br)c(F)cc1N. The molecule has 0 saturated heterocycles. The van der Waals surface area contributed by atoms with Gasteiger partial charge in [-0.15, -0.1) is 0 Å². The maximum Gasteiger partial charge on any atom is 0.139 e. The predicted molar refractivity (Wildman–Crippen MR) is 80.3 cm³/mol. The zero-order valence-electron chi connectivity index (χ0n) is 11.1. The molecule has 0 aliphatic carbocycles. The van der Waals surface area contributed by atoms with Crippen molar-refractivity contribution in [3.05, 3.63) is 22.4 Å². The predicted octanol–water partition coefficient (Wildman–Crippen LogP) is 4.80. The number of unbranched alkanes of at least 4 members (excludes halogenated alkanes) is 1. The molecule has 0 radical (unpaired) electrons. The minimum Gasteiger partial charge on any atom is -0.397 e. The molecule has 1 rings (SSSR count). The van der Waals surface area contributed by atoms with E-state index in [0.717, 1.165) is 18.7 Å². The van der Waals surface area contributed by atoms with Crippen LogP contribution < -0.4 is 11.1 Å². The van der Waals surface area contributed by atoms with Crippen molar-refractivity contribution < 1.29 is 4.39 Å². The number of nitrogen functional groups attached to an aromatic ring is 1. The lowest BCUT2D eigenvalue weighted by molar-refractivity contribution is 0.473. The zero-order chi connectivity index (χ0) is 13.5. The number of rotatable bonds is 7. The van der Waals surface area contributed by atoms with Crippen LogP contribution in [0, 0.1) is 11.7 Å². The highest BCUT2D eigenvalue weighted by Gasteiger charge is 2.09. The first-order chi connectivity index (χ1) is 8.58. The molecule has 0 aliphatic rings. The molecule has 1 aromatic rings. The van der Waals surface area contributed by atoms with Crippen LogP contribution in [0.25, 0.3) is 0 Å². The van der Waals surface area contributed by atoms with Crippen LogP contribution in [0.1, 0.15) is 39.5 Å².